The molecule has 0 bridgehead atoms. The molecule has 5 nitrogen and oxygen atoms in total. The zero-order valence-corrected chi connectivity index (χ0v) is 17.5. The molecule has 2 N–H and O–H groups in total. The van der Waals surface area contributed by atoms with E-state index in [1.54, 1.807) is 24.4 Å². The Bertz CT molecular complexity index is 853. The molecule has 0 aliphatic heterocycles. The van der Waals surface area contributed by atoms with Crippen LogP contribution >= 0.6 is 0 Å². The van der Waals surface area contributed by atoms with Crippen LogP contribution < -0.4 is 4.90 Å². The van der Waals surface area contributed by atoms with E-state index in [-0.39, 0.29) is 11.5 Å². The first-order chi connectivity index (χ1) is 13.3. The SMILES string of the molecule is CCN(CC)c1ccc(C=NC(C)(C)CN=C(C)c2ccccc2O)c(O)c1. The van der Waals surface area contributed by atoms with Crippen LogP contribution in [-0.2, 0) is 0 Å². The third kappa shape index (κ3) is 5.59. The highest BCUT2D eigenvalue weighted by Crippen LogP contribution is 2.24. The van der Waals surface area contributed by atoms with Crippen LogP contribution in [0.3, 0.4) is 0 Å². The van der Waals surface area contributed by atoms with Crippen LogP contribution in [0.1, 0.15) is 45.7 Å². The van der Waals surface area contributed by atoms with E-state index < -0.39 is 5.54 Å². The van der Waals surface area contributed by atoms with Gasteiger partial charge in [-0.2, -0.15) is 0 Å². The van der Waals surface area contributed by atoms with Crippen LogP contribution in [0, 0.1) is 0 Å². The summed E-state index contributed by atoms with van der Waals surface area (Å²) in [5.41, 5.74) is 2.75. The first-order valence-corrected chi connectivity index (χ1v) is 9.70. The number of phenolic OH excluding ortho intramolecular Hbond substituents is 2. The summed E-state index contributed by atoms with van der Waals surface area (Å²) in [6.07, 6.45) is 1.70. The van der Waals surface area contributed by atoms with Crippen LogP contribution in [0.4, 0.5) is 5.69 Å². The van der Waals surface area contributed by atoms with Crippen molar-refractivity contribution in [2.24, 2.45) is 9.98 Å². The number of phenols is 2. The number of rotatable bonds is 8. The Kier molecular flexibility index (Phi) is 7.21. The Labute approximate surface area is 168 Å². The summed E-state index contributed by atoms with van der Waals surface area (Å²) in [6.45, 7) is 12.3. The van der Waals surface area contributed by atoms with E-state index in [1.165, 1.54) is 0 Å². The van der Waals surface area contributed by atoms with E-state index in [2.05, 4.69) is 28.7 Å². The number of aliphatic imine (C=N–C) groups is 2. The normalized spacial score (nSPS) is 12.5. The highest BCUT2D eigenvalue weighted by Gasteiger charge is 2.16. The van der Waals surface area contributed by atoms with Crippen molar-refractivity contribution in [3.8, 4) is 11.5 Å². The molecule has 150 valence electrons. The minimum Gasteiger partial charge on any atom is -0.507 e. The van der Waals surface area contributed by atoms with E-state index in [0.29, 0.717) is 12.1 Å². The van der Waals surface area contributed by atoms with Gasteiger partial charge in [-0.3, -0.25) is 9.98 Å². The van der Waals surface area contributed by atoms with Gasteiger partial charge in [0.25, 0.3) is 0 Å². The standard InChI is InChI=1S/C23H31N3O2/c1-6-26(7-2)19-13-12-18(22(28)14-19)15-25-23(4,5)16-24-17(3)20-10-8-9-11-21(20)27/h8-15,27-28H,6-7,16H2,1-5H3. The molecule has 0 heterocycles. The van der Waals surface area contributed by atoms with Crippen molar-refractivity contribution < 1.29 is 10.2 Å². The fraction of sp³-hybridized carbons (Fsp3) is 0.391. The highest BCUT2D eigenvalue weighted by molar-refractivity contribution is 6.01. The van der Waals surface area contributed by atoms with Gasteiger partial charge in [0.1, 0.15) is 11.5 Å². The van der Waals surface area contributed by atoms with E-state index in [1.807, 2.05) is 45.0 Å². The first kappa shape index (κ1) is 21.5. The molecule has 0 unspecified atom stereocenters. The van der Waals surface area contributed by atoms with Crippen molar-refractivity contribution >= 4 is 17.6 Å². The Morgan fingerprint density at radius 1 is 1.04 bits per heavy atom. The third-order valence-corrected chi connectivity index (χ3v) is 4.69. The van der Waals surface area contributed by atoms with Gasteiger partial charge < -0.3 is 15.1 Å². The Hall–Kier alpha value is -2.82. The summed E-state index contributed by atoms with van der Waals surface area (Å²) in [7, 11) is 0. The van der Waals surface area contributed by atoms with Gasteiger partial charge in [0.15, 0.2) is 0 Å². The largest absolute Gasteiger partial charge is 0.507 e. The molecule has 0 radical (unpaired) electrons. The number of hydrogen-bond donors (Lipinski definition) is 2. The zero-order valence-electron chi connectivity index (χ0n) is 17.5. The topological polar surface area (TPSA) is 68.4 Å². The van der Waals surface area contributed by atoms with E-state index in [0.717, 1.165) is 30.1 Å². The molecule has 0 amide bonds. The molecule has 2 rings (SSSR count). The van der Waals surface area contributed by atoms with Gasteiger partial charge in [0.05, 0.1) is 12.1 Å². The predicted octanol–water partition coefficient (Wildman–Crippen LogP) is 4.65. The predicted molar refractivity (Wildman–Crippen MR) is 119 cm³/mol. The maximum absolute atomic E-state index is 10.4. The molecule has 0 aromatic heterocycles. The molecule has 0 saturated carbocycles. The summed E-state index contributed by atoms with van der Waals surface area (Å²) in [5, 5.41) is 20.3. The van der Waals surface area contributed by atoms with Gasteiger partial charge in [0, 0.05) is 47.9 Å². The van der Waals surface area contributed by atoms with Gasteiger partial charge in [-0.1, -0.05) is 12.1 Å². The second-order valence-electron chi connectivity index (χ2n) is 7.40. The van der Waals surface area contributed by atoms with Crippen LogP contribution in [0.25, 0.3) is 0 Å². The Balaban J connectivity index is 2.12. The third-order valence-electron chi connectivity index (χ3n) is 4.69. The molecule has 0 aliphatic carbocycles. The highest BCUT2D eigenvalue weighted by atomic mass is 16.3. The van der Waals surface area contributed by atoms with Gasteiger partial charge in [-0.15, -0.1) is 0 Å². The average Bonchev–Trinajstić information content (AvgIpc) is 2.67. The first-order valence-electron chi connectivity index (χ1n) is 9.70. The number of anilines is 1. The van der Waals surface area contributed by atoms with Crippen molar-refractivity contribution in [2.45, 2.75) is 40.2 Å². The Morgan fingerprint density at radius 2 is 1.71 bits per heavy atom. The number of nitrogens with zero attached hydrogens (tertiary/aromatic N) is 3. The van der Waals surface area contributed by atoms with Gasteiger partial charge >= 0.3 is 0 Å². The van der Waals surface area contributed by atoms with E-state index >= 15 is 0 Å². The maximum atomic E-state index is 10.4. The molecule has 5 heteroatoms. The summed E-state index contributed by atoms with van der Waals surface area (Å²) >= 11 is 0. The van der Waals surface area contributed by atoms with E-state index in [9.17, 15) is 10.2 Å². The number of aromatic hydroxyl groups is 2. The molecule has 28 heavy (non-hydrogen) atoms. The van der Waals surface area contributed by atoms with Crippen molar-refractivity contribution in [3.05, 3.63) is 53.6 Å². The minimum atomic E-state index is -0.435. The minimum absolute atomic E-state index is 0.220. The number of para-hydroxylation sites is 1. The molecule has 0 spiro atoms. The van der Waals surface area contributed by atoms with Gasteiger partial charge in [-0.05, 0) is 58.9 Å². The zero-order chi connectivity index (χ0) is 20.7. The fourth-order valence-corrected chi connectivity index (χ4v) is 2.89. The molecule has 0 fully saturated rings. The number of benzene rings is 2. The lowest BCUT2D eigenvalue weighted by Crippen LogP contribution is -2.22. The lowest BCUT2D eigenvalue weighted by Gasteiger charge is -2.21. The van der Waals surface area contributed by atoms with E-state index in [4.69, 9.17) is 0 Å². The Morgan fingerprint density at radius 3 is 2.32 bits per heavy atom. The summed E-state index contributed by atoms with van der Waals surface area (Å²) in [4.78, 5) is 11.4. The molecule has 2 aromatic rings. The summed E-state index contributed by atoms with van der Waals surface area (Å²) in [5.74, 6) is 0.445. The van der Waals surface area contributed by atoms with Gasteiger partial charge in [-0.25, -0.2) is 0 Å². The van der Waals surface area contributed by atoms with Crippen molar-refractivity contribution in [3.63, 3.8) is 0 Å². The molecular weight excluding hydrogens is 350 g/mol. The quantitative estimate of drug-likeness (QED) is 0.654. The molecular formula is C23H31N3O2. The molecule has 2 aromatic carbocycles. The lowest BCUT2D eigenvalue weighted by atomic mass is 10.1. The van der Waals surface area contributed by atoms with Crippen molar-refractivity contribution in [1.82, 2.24) is 0 Å². The van der Waals surface area contributed by atoms with Crippen molar-refractivity contribution in [2.75, 3.05) is 24.5 Å². The molecule has 0 aliphatic rings. The van der Waals surface area contributed by atoms with Crippen molar-refractivity contribution in [1.29, 1.82) is 0 Å². The van der Waals surface area contributed by atoms with Crippen LogP contribution in [0.15, 0.2) is 52.4 Å². The second kappa shape index (κ2) is 9.40. The van der Waals surface area contributed by atoms with Gasteiger partial charge in [0.2, 0.25) is 0 Å². The monoisotopic (exact) mass is 381 g/mol. The molecule has 0 saturated heterocycles. The second-order valence-corrected chi connectivity index (χ2v) is 7.40. The lowest BCUT2D eigenvalue weighted by molar-refractivity contribution is 0.473. The average molecular weight is 382 g/mol. The van der Waals surface area contributed by atoms with Crippen LogP contribution in [-0.4, -0.2) is 47.3 Å². The number of hydrogen-bond acceptors (Lipinski definition) is 5. The van der Waals surface area contributed by atoms with Crippen LogP contribution in [0.5, 0.6) is 11.5 Å². The van der Waals surface area contributed by atoms with Crippen LogP contribution in [0.2, 0.25) is 0 Å². The smallest absolute Gasteiger partial charge is 0.126 e. The maximum Gasteiger partial charge on any atom is 0.126 e. The molecule has 0 atom stereocenters. The summed E-state index contributed by atoms with van der Waals surface area (Å²) in [6, 6.07) is 12.8. The summed E-state index contributed by atoms with van der Waals surface area (Å²) < 4.78 is 0. The fourth-order valence-electron chi connectivity index (χ4n) is 2.89.